The van der Waals surface area contributed by atoms with Crippen LogP contribution in [0.2, 0.25) is 5.02 Å². The summed E-state index contributed by atoms with van der Waals surface area (Å²) >= 11 is 6.33. The third-order valence-corrected chi connectivity index (χ3v) is 8.15. The highest BCUT2D eigenvalue weighted by atomic mass is 35.5. The van der Waals surface area contributed by atoms with E-state index in [0.29, 0.717) is 5.56 Å². The zero-order valence-electron chi connectivity index (χ0n) is 27.3. The molecule has 47 heavy (non-hydrogen) atoms. The summed E-state index contributed by atoms with van der Waals surface area (Å²) in [6, 6.07) is 9.74. The second-order valence-corrected chi connectivity index (χ2v) is 12.0. The molecule has 3 rings (SSSR count). The first-order valence-corrected chi connectivity index (χ1v) is 16.6. The number of rotatable bonds is 18. The number of esters is 2. The number of anilines is 1. The molecule has 2 unspecified atom stereocenters. The standard InChI is InChI=1S/C35H44ClN3O8/c1-4-5-6-7-8-9-10-11-12-16-21-46-33(43)24(2)47-34(44)27-19-20-28(36)29(22-27)37-32(42)31(26-17-14-13-15-18-26)39-30(41)23-38(25(3)40)35(39)45/h13-15,17-20,22,24,31H,4-12,16,21,23H2,1-3H3,(H,37,42). The van der Waals surface area contributed by atoms with E-state index in [4.69, 9.17) is 21.1 Å². The maximum atomic E-state index is 13.6. The van der Waals surface area contributed by atoms with E-state index in [1.807, 2.05) is 0 Å². The molecule has 11 nitrogen and oxygen atoms in total. The van der Waals surface area contributed by atoms with Gasteiger partial charge >= 0.3 is 18.0 Å². The maximum absolute atomic E-state index is 13.6. The van der Waals surface area contributed by atoms with E-state index in [-0.39, 0.29) is 22.9 Å². The molecule has 0 aromatic heterocycles. The lowest BCUT2D eigenvalue weighted by atomic mass is 10.0. The smallest absolute Gasteiger partial charge is 0.347 e. The number of urea groups is 1. The lowest BCUT2D eigenvalue weighted by Crippen LogP contribution is -2.42. The fourth-order valence-corrected chi connectivity index (χ4v) is 5.34. The quantitative estimate of drug-likeness (QED) is 0.103. The van der Waals surface area contributed by atoms with E-state index >= 15 is 0 Å². The second kappa shape index (κ2) is 18.8. The highest BCUT2D eigenvalue weighted by Gasteiger charge is 2.45. The van der Waals surface area contributed by atoms with Crippen molar-refractivity contribution in [2.24, 2.45) is 0 Å². The number of amides is 5. The highest BCUT2D eigenvalue weighted by Crippen LogP contribution is 2.30. The van der Waals surface area contributed by atoms with Gasteiger partial charge in [-0.3, -0.25) is 19.3 Å². The zero-order valence-corrected chi connectivity index (χ0v) is 28.1. The topological polar surface area (TPSA) is 139 Å². The molecule has 1 aliphatic rings. The molecule has 1 N–H and O–H groups in total. The van der Waals surface area contributed by atoms with Gasteiger partial charge in [0.15, 0.2) is 6.10 Å². The van der Waals surface area contributed by atoms with Crippen LogP contribution in [0.1, 0.15) is 107 Å². The number of carbonyl (C=O) groups excluding carboxylic acids is 6. The van der Waals surface area contributed by atoms with E-state index in [0.717, 1.165) is 42.4 Å². The fraction of sp³-hybridized carbons (Fsp3) is 0.486. The number of carbonyl (C=O) groups is 6. The van der Waals surface area contributed by atoms with Crippen molar-refractivity contribution in [2.75, 3.05) is 18.5 Å². The third kappa shape index (κ3) is 10.9. The first kappa shape index (κ1) is 37.2. The molecule has 2 aromatic carbocycles. The van der Waals surface area contributed by atoms with Crippen molar-refractivity contribution in [3.05, 3.63) is 64.7 Å². The van der Waals surface area contributed by atoms with Gasteiger partial charge in [0.2, 0.25) is 5.91 Å². The monoisotopic (exact) mass is 669 g/mol. The number of unbranched alkanes of at least 4 members (excludes halogenated alkanes) is 9. The summed E-state index contributed by atoms with van der Waals surface area (Å²) in [5.41, 5.74) is 0.311. The molecular formula is C35H44ClN3O8. The van der Waals surface area contributed by atoms with E-state index in [1.54, 1.807) is 30.3 Å². The number of nitrogens with one attached hydrogen (secondary N) is 1. The molecule has 254 valence electrons. The molecule has 2 atom stereocenters. The first-order chi connectivity index (χ1) is 22.5. The number of ether oxygens (including phenoxy) is 2. The molecule has 12 heteroatoms. The van der Waals surface area contributed by atoms with Crippen molar-refractivity contribution < 1.29 is 38.2 Å². The number of halogens is 1. The molecule has 1 fully saturated rings. The number of imide groups is 2. The zero-order chi connectivity index (χ0) is 34.3. The molecule has 1 saturated heterocycles. The minimum absolute atomic E-state index is 0.00533. The Hall–Kier alpha value is -4.25. The van der Waals surface area contributed by atoms with Gasteiger partial charge in [-0.25, -0.2) is 19.3 Å². The van der Waals surface area contributed by atoms with E-state index in [2.05, 4.69) is 12.2 Å². The maximum Gasteiger partial charge on any atom is 0.347 e. The predicted molar refractivity (Wildman–Crippen MR) is 177 cm³/mol. The lowest BCUT2D eigenvalue weighted by Gasteiger charge is -2.25. The minimum Gasteiger partial charge on any atom is -0.463 e. The Balaban J connectivity index is 1.57. The number of hydrogen-bond donors (Lipinski definition) is 1. The Morgan fingerprint density at radius 2 is 1.51 bits per heavy atom. The van der Waals surface area contributed by atoms with Gasteiger partial charge in [-0.05, 0) is 37.1 Å². The van der Waals surface area contributed by atoms with E-state index in [1.165, 1.54) is 63.6 Å². The van der Waals surface area contributed by atoms with Crippen molar-refractivity contribution in [3.63, 3.8) is 0 Å². The summed E-state index contributed by atoms with van der Waals surface area (Å²) in [7, 11) is 0. The van der Waals surface area contributed by atoms with Crippen LogP contribution in [0.4, 0.5) is 10.5 Å². The van der Waals surface area contributed by atoms with Crippen LogP contribution in [-0.4, -0.2) is 64.7 Å². The Bertz CT molecular complexity index is 1420. The van der Waals surface area contributed by atoms with Gasteiger partial charge in [-0.15, -0.1) is 0 Å². The Morgan fingerprint density at radius 1 is 0.894 bits per heavy atom. The SMILES string of the molecule is CCCCCCCCCCCCOC(=O)C(C)OC(=O)c1ccc(Cl)c(NC(=O)C(c2ccccc2)N2C(=O)CN(C(C)=O)C2=O)c1. The van der Waals surface area contributed by atoms with Crippen LogP contribution in [-0.2, 0) is 28.7 Å². The van der Waals surface area contributed by atoms with Crippen LogP contribution in [0.15, 0.2) is 48.5 Å². The highest BCUT2D eigenvalue weighted by molar-refractivity contribution is 6.34. The summed E-state index contributed by atoms with van der Waals surface area (Å²) in [5.74, 6) is -3.68. The third-order valence-electron chi connectivity index (χ3n) is 7.82. The molecule has 0 bridgehead atoms. The fourth-order valence-electron chi connectivity index (χ4n) is 5.17. The van der Waals surface area contributed by atoms with Crippen LogP contribution in [0.3, 0.4) is 0 Å². The molecule has 2 aromatic rings. The summed E-state index contributed by atoms with van der Waals surface area (Å²) in [6.45, 7) is 4.51. The minimum atomic E-state index is -1.43. The predicted octanol–water partition coefficient (Wildman–Crippen LogP) is 6.84. The van der Waals surface area contributed by atoms with Gasteiger partial charge in [-0.2, -0.15) is 0 Å². The summed E-state index contributed by atoms with van der Waals surface area (Å²) < 4.78 is 10.6. The van der Waals surface area contributed by atoms with Crippen LogP contribution < -0.4 is 5.32 Å². The van der Waals surface area contributed by atoms with Gasteiger partial charge in [0.05, 0.1) is 22.9 Å². The average molecular weight is 670 g/mol. The Labute approximate surface area is 280 Å². The number of nitrogens with zero attached hydrogens (tertiary/aromatic N) is 2. The van der Waals surface area contributed by atoms with E-state index < -0.39 is 54.4 Å². The van der Waals surface area contributed by atoms with Gasteiger partial charge in [0.1, 0.15) is 12.6 Å². The van der Waals surface area contributed by atoms with Crippen LogP contribution in [0.5, 0.6) is 0 Å². The Morgan fingerprint density at radius 3 is 2.11 bits per heavy atom. The van der Waals surface area contributed by atoms with E-state index in [9.17, 15) is 28.8 Å². The number of hydrogen-bond acceptors (Lipinski definition) is 8. The summed E-state index contributed by atoms with van der Waals surface area (Å²) in [5, 5.41) is 2.65. The van der Waals surface area contributed by atoms with Crippen LogP contribution in [0, 0.1) is 0 Å². The largest absolute Gasteiger partial charge is 0.463 e. The summed E-state index contributed by atoms with van der Waals surface area (Å²) in [4.78, 5) is 78.1. The van der Waals surface area contributed by atoms with Gasteiger partial charge in [0.25, 0.3) is 11.8 Å². The van der Waals surface area contributed by atoms with Gasteiger partial charge in [0, 0.05) is 6.92 Å². The van der Waals surface area contributed by atoms with Gasteiger partial charge in [-0.1, -0.05) is 107 Å². The molecular weight excluding hydrogens is 626 g/mol. The van der Waals surface area contributed by atoms with Crippen molar-refractivity contribution in [3.8, 4) is 0 Å². The van der Waals surface area contributed by atoms with Crippen molar-refractivity contribution in [1.82, 2.24) is 9.80 Å². The molecule has 1 heterocycles. The average Bonchev–Trinajstić information content (AvgIpc) is 3.34. The van der Waals surface area contributed by atoms with Crippen molar-refractivity contribution in [2.45, 2.75) is 97.1 Å². The van der Waals surface area contributed by atoms with Crippen molar-refractivity contribution >= 4 is 53.0 Å². The normalized spacial score (nSPS) is 14.1. The molecule has 5 amide bonds. The number of benzene rings is 2. The van der Waals surface area contributed by atoms with Gasteiger partial charge < -0.3 is 14.8 Å². The lowest BCUT2D eigenvalue weighted by molar-refractivity contribution is -0.153. The molecule has 0 radical (unpaired) electrons. The summed E-state index contributed by atoms with van der Waals surface area (Å²) in [6.07, 6.45) is 10.4. The van der Waals surface area contributed by atoms with Crippen molar-refractivity contribution in [1.29, 1.82) is 0 Å². The molecule has 1 aliphatic heterocycles. The van der Waals surface area contributed by atoms with Crippen LogP contribution in [0.25, 0.3) is 0 Å². The molecule has 0 aliphatic carbocycles. The second-order valence-electron chi connectivity index (χ2n) is 11.5. The first-order valence-electron chi connectivity index (χ1n) is 16.2. The Kier molecular flexibility index (Phi) is 14.9. The molecule has 0 spiro atoms. The molecule has 0 saturated carbocycles. The van der Waals surface area contributed by atoms with Crippen LogP contribution >= 0.6 is 11.6 Å².